The van der Waals surface area contributed by atoms with Crippen molar-refractivity contribution in [3.05, 3.63) is 12.8 Å². The molecule has 1 heterocycles. The van der Waals surface area contributed by atoms with Crippen molar-refractivity contribution in [1.29, 1.82) is 0 Å². The van der Waals surface area contributed by atoms with Gasteiger partial charge in [-0.15, -0.1) is 0 Å². The Morgan fingerprint density at radius 2 is 2.17 bits per heavy atom. The van der Waals surface area contributed by atoms with Crippen LogP contribution in [0.25, 0.3) is 0 Å². The van der Waals surface area contributed by atoms with Gasteiger partial charge in [0.05, 0.1) is 12.9 Å². The highest BCUT2D eigenvalue weighted by Crippen LogP contribution is 2.23. The Bertz CT molecular complexity index is 366. The highest BCUT2D eigenvalue weighted by Gasteiger charge is 2.31. The Kier molecular flexibility index (Phi) is 8.45. The molecule has 0 aromatic carbocycles. The highest BCUT2D eigenvalue weighted by atomic mass is 16.6. The second kappa shape index (κ2) is 9.81. The Labute approximate surface area is 141 Å². The van der Waals surface area contributed by atoms with E-state index in [-0.39, 0.29) is 12.1 Å². The fourth-order valence-electron chi connectivity index (χ4n) is 2.89. The maximum atomic E-state index is 12.4. The lowest BCUT2D eigenvalue weighted by Gasteiger charge is -2.38. The highest BCUT2D eigenvalue weighted by molar-refractivity contribution is 5.68. The van der Waals surface area contributed by atoms with E-state index in [0.717, 1.165) is 38.8 Å². The van der Waals surface area contributed by atoms with Crippen molar-refractivity contribution in [2.24, 2.45) is 0 Å². The molecule has 2 atom stereocenters. The molecule has 5 heteroatoms. The smallest absolute Gasteiger partial charge is 0.410 e. The molecule has 1 fully saturated rings. The summed E-state index contributed by atoms with van der Waals surface area (Å²) in [5.41, 5.74) is -0.436. The molecule has 23 heavy (non-hydrogen) atoms. The molecular weight excluding hydrogens is 292 g/mol. The van der Waals surface area contributed by atoms with E-state index in [9.17, 15) is 4.79 Å². The molecular formula is C18H34N2O3. The summed E-state index contributed by atoms with van der Waals surface area (Å²) in [7, 11) is 0. The van der Waals surface area contributed by atoms with E-state index < -0.39 is 5.60 Å². The van der Waals surface area contributed by atoms with Crippen molar-refractivity contribution in [2.75, 3.05) is 19.7 Å². The Balaban J connectivity index is 2.41. The van der Waals surface area contributed by atoms with Gasteiger partial charge in [-0.25, -0.2) is 4.79 Å². The number of hydrogen-bond acceptors (Lipinski definition) is 4. The van der Waals surface area contributed by atoms with Crippen LogP contribution in [0.4, 0.5) is 4.79 Å². The summed E-state index contributed by atoms with van der Waals surface area (Å²) in [5.74, 6) is 0. The fraction of sp³-hybridized carbons (Fsp3) is 0.833. The molecule has 134 valence electrons. The zero-order valence-electron chi connectivity index (χ0n) is 15.3. The van der Waals surface area contributed by atoms with Crippen molar-refractivity contribution in [1.82, 2.24) is 10.2 Å². The minimum Gasteiger partial charge on any atom is -0.502 e. The number of carbonyl (C=O) groups excluding carboxylic acids is 1. The van der Waals surface area contributed by atoms with Gasteiger partial charge in [0.15, 0.2) is 0 Å². The maximum absolute atomic E-state index is 12.4. The van der Waals surface area contributed by atoms with Crippen LogP contribution in [0.15, 0.2) is 12.8 Å². The average molecular weight is 326 g/mol. The molecule has 1 amide bonds. The summed E-state index contributed by atoms with van der Waals surface area (Å²) in [5, 5.41) is 3.50. The number of amides is 1. The molecule has 0 radical (unpaired) electrons. The molecule has 2 unspecified atom stereocenters. The van der Waals surface area contributed by atoms with Gasteiger partial charge in [0.25, 0.3) is 0 Å². The predicted molar refractivity (Wildman–Crippen MR) is 93.4 cm³/mol. The molecule has 1 rings (SSSR count). The number of rotatable bonds is 8. The summed E-state index contributed by atoms with van der Waals surface area (Å²) in [6.45, 7) is 13.9. The molecule has 0 saturated carbocycles. The molecule has 0 aromatic heterocycles. The lowest BCUT2D eigenvalue weighted by Crippen LogP contribution is -2.48. The van der Waals surface area contributed by atoms with Crippen molar-refractivity contribution in [2.45, 2.75) is 77.5 Å². The number of ether oxygens (including phenoxy) is 2. The molecule has 5 nitrogen and oxygen atoms in total. The second-order valence-electron chi connectivity index (χ2n) is 7.31. The van der Waals surface area contributed by atoms with Crippen LogP contribution in [0.5, 0.6) is 0 Å². The first kappa shape index (κ1) is 19.8. The third-order valence-corrected chi connectivity index (χ3v) is 3.93. The van der Waals surface area contributed by atoms with Crippen LogP contribution >= 0.6 is 0 Å². The van der Waals surface area contributed by atoms with Crippen LogP contribution in [0.2, 0.25) is 0 Å². The number of nitrogens with one attached hydrogen (secondary N) is 1. The summed E-state index contributed by atoms with van der Waals surface area (Å²) in [6, 6.07) is 0.636. The number of nitrogens with zero attached hydrogens (tertiary/aromatic N) is 1. The third kappa shape index (κ3) is 8.26. The monoisotopic (exact) mass is 326 g/mol. The van der Waals surface area contributed by atoms with E-state index in [2.05, 4.69) is 18.8 Å². The van der Waals surface area contributed by atoms with Crippen LogP contribution in [-0.4, -0.2) is 48.4 Å². The summed E-state index contributed by atoms with van der Waals surface area (Å²) in [6.07, 6.45) is 6.53. The van der Waals surface area contributed by atoms with Crippen LogP contribution in [-0.2, 0) is 9.47 Å². The van der Waals surface area contributed by atoms with Gasteiger partial charge in [-0.2, -0.15) is 0 Å². The van der Waals surface area contributed by atoms with E-state index in [4.69, 9.17) is 9.47 Å². The van der Waals surface area contributed by atoms with Gasteiger partial charge in [0, 0.05) is 18.6 Å². The summed E-state index contributed by atoms with van der Waals surface area (Å²) in [4.78, 5) is 14.3. The number of hydrogen-bond donors (Lipinski definition) is 1. The van der Waals surface area contributed by atoms with Crippen molar-refractivity contribution in [3.63, 3.8) is 0 Å². The Morgan fingerprint density at radius 1 is 1.43 bits per heavy atom. The fourth-order valence-corrected chi connectivity index (χ4v) is 2.89. The maximum Gasteiger partial charge on any atom is 0.410 e. The summed E-state index contributed by atoms with van der Waals surface area (Å²) >= 11 is 0. The van der Waals surface area contributed by atoms with Gasteiger partial charge in [-0.1, -0.05) is 6.58 Å². The molecule has 1 aliphatic heterocycles. The topological polar surface area (TPSA) is 50.8 Å². The average Bonchev–Trinajstić information content (AvgIpc) is 2.45. The van der Waals surface area contributed by atoms with Gasteiger partial charge in [-0.05, 0) is 66.3 Å². The van der Waals surface area contributed by atoms with Gasteiger partial charge in [0.1, 0.15) is 5.60 Å². The predicted octanol–water partition coefficient (Wildman–Crippen LogP) is 3.69. The van der Waals surface area contributed by atoms with Gasteiger partial charge in [0.2, 0.25) is 0 Å². The Morgan fingerprint density at radius 3 is 2.83 bits per heavy atom. The van der Waals surface area contributed by atoms with E-state index in [1.54, 1.807) is 0 Å². The molecule has 1 aliphatic rings. The van der Waals surface area contributed by atoms with Gasteiger partial charge < -0.3 is 19.7 Å². The minimum absolute atomic E-state index is 0.172. The van der Waals surface area contributed by atoms with Crippen LogP contribution in [0, 0.1) is 0 Å². The van der Waals surface area contributed by atoms with Crippen LogP contribution in [0.3, 0.4) is 0 Å². The number of carbonyl (C=O) groups is 1. The first-order valence-corrected chi connectivity index (χ1v) is 8.79. The number of piperidine rings is 1. The summed E-state index contributed by atoms with van der Waals surface area (Å²) < 4.78 is 10.7. The minimum atomic E-state index is -0.436. The lowest BCUT2D eigenvalue weighted by molar-refractivity contribution is 0.00791. The zero-order chi connectivity index (χ0) is 17.3. The third-order valence-electron chi connectivity index (χ3n) is 3.93. The largest absolute Gasteiger partial charge is 0.502 e. The van der Waals surface area contributed by atoms with Crippen molar-refractivity contribution < 1.29 is 14.3 Å². The van der Waals surface area contributed by atoms with Gasteiger partial charge >= 0.3 is 6.09 Å². The van der Waals surface area contributed by atoms with Crippen LogP contribution in [0.1, 0.15) is 59.8 Å². The normalized spacial score (nSPS) is 20.0. The quantitative estimate of drug-likeness (QED) is 0.546. The Hall–Kier alpha value is -1.23. The van der Waals surface area contributed by atoms with E-state index in [1.165, 1.54) is 12.7 Å². The van der Waals surface area contributed by atoms with Crippen molar-refractivity contribution >= 4 is 6.09 Å². The lowest BCUT2D eigenvalue weighted by atomic mass is 9.96. The van der Waals surface area contributed by atoms with Gasteiger partial charge in [-0.3, -0.25) is 0 Å². The first-order valence-electron chi connectivity index (χ1n) is 8.79. The van der Waals surface area contributed by atoms with E-state index in [1.807, 2.05) is 25.7 Å². The van der Waals surface area contributed by atoms with Crippen LogP contribution < -0.4 is 5.32 Å². The zero-order valence-corrected chi connectivity index (χ0v) is 15.3. The molecule has 0 spiro atoms. The molecule has 1 N–H and O–H groups in total. The molecule has 0 aliphatic carbocycles. The number of likely N-dealkylation sites (tertiary alicyclic amines) is 1. The molecule has 0 bridgehead atoms. The standard InChI is InChI=1S/C18H34N2O3/c1-6-22-13-9-11-19-15(2)14-16-10-7-8-12-20(16)17(21)23-18(3,4)5/h6,15-16,19H,1,7-14H2,2-5H3. The van der Waals surface area contributed by atoms with E-state index >= 15 is 0 Å². The SMILES string of the molecule is C=COCCCNC(C)CC1CCCCN1C(=O)OC(C)(C)C. The second-order valence-corrected chi connectivity index (χ2v) is 7.31. The molecule has 1 saturated heterocycles. The molecule has 0 aromatic rings. The van der Waals surface area contributed by atoms with E-state index in [0.29, 0.717) is 12.6 Å². The van der Waals surface area contributed by atoms with Crippen molar-refractivity contribution in [3.8, 4) is 0 Å². The first-order chi connectivity index (χ1) is 10.8.